The van der Waals surface area contributed by atoms with Gasteiger partial charge in [0.2, 0.25) is 0 Å². The zero-order valence-corrected chi connectivity index (χ0v) is 7.78. The molecule has 0 saturated carbocycles. The lowest BCUT2D eigenvalue weighted by Crippen LogP contribution is -2.48. The van der Waals surface area contributed by atoms with Gasteiger partial charge < -0.3 is 10.6 Å². The van der Waals surface area contributed by atoms with Gasteiger partial charge in [-0.2, -0.15) is 0 Å². The Morgan fingerprint density at radius 1 is 1.20 bits per heavy atom. The highest BCUT2D eigenvalue weighted by Gasteiger charge is 2.24. The second-order valence-corrected chi connectivity index (χ2v) is 3.35. The van der Waals surface area contributed by atoms with Crippen LogP contribution in [0, 0.1) is 5.41 Å². The van der Waals surface area contributed by atoms with Crippen molar-refractivity contribution in [1.82, 2.24) is 10.6 Å². The Labute approximate surface area is 64.4 Å². The normalized spacial score (nSPS) is 12.6. The van der Waals surface area contributed by atoms with E-state index in [2.05, 4.69) is 31.4 Å². The van der Waals surface area contributed by atoms with Crippen molar-refractivity contribution in [2.75, 3.05) is 14.1 Å². The van der Waals surface area contributed by atoms with E-state index in [4.69, 9.17) is 0 Å². The molecule has 0 aromatic heterocycles. The molecule has 0 heterocycles. The lowest BCUT2D eigenvalue weighted by atomic mass is 9.86. The molecule has 0 unspecified atom stereocenters. The van der Waals surface area contributed by atoms with Crippen molar-refractivity contribution in [1.29, 1.82) is 0 Å². The Balaban J connectivity index is 3.97. The number of hydrogen-bond acceptors (Lipinski definition) is 2. The van der Waals surface area contributed by atoms with Crippen molar-refractivity contribution < 1.29 is 0 Å². The van der Waals surface area contributed by atoms with Crippen LogP contribution in [0.4, 0.5) is 0 Å². The fraction of sp³-hybridized carbons (Fsp3) is 1.00. The summed E-state index contributed by atoms with van der Waals surface area (Å²) in [4.78, 5) is 0. The van der Waals surface area contributed by atoms with E-state index in [9.17, 15) is 0 Å². The van der Waals surface area contributed by atoms with Gasteiger partial charge in [-0.25, -0.2) is 0 Å². The molecular weight excluding hydrogens is 124 g/mol. The molecule has 2 nitrogen and oxygen atoms in total. The maximum absolute atomic E-state index is 3.23. The molecule has 0 aromatic rings. The smallest absolute Gasteiger partial charge is 0.0619 e. The van der Waals surface area contributed by atoms with Crippen LogP contribution >= 0.6 is 0 Å². The second-order valence-electron chi connectivity index (χ2n) is 3.35. The molecule has 0 atom stereocenters. The van der Waals surface area contributed by atoms with Gasteiger partial charge >= 0.3 is 0 Å². The highest BCUT2D eigenvalue weighted by molar-refractivity contribution is 4.78. The summed E-state index contributed by atoms with van der Waals surface area (Å²) in [7, 11) is 3.97. The summed E-state index contributed by atoms with van der Waals surface area (Å²) in [6.07, 6.45) is 1.59. The minimum absolute atomic E-state index is 0.337. The molecule has 0 fully saturated rings. The zero-order chi connectivity index (χ0) is 8.20. The van der Waals surface area contributed by atoms with E-state index in [1.165, 1.54) is 6.42 Å². The third-order valence-electron chi connectivity index (χ3n) is 2.27. The van der Waals surface area contributed by atoms with Crippen LogP contribution in [-0.2, 0) is 0 Å². The largest absolute Gasteiger partial charge is 0.305 e. The van der Waals surface area contributed by atoms with Gasteiger partial charge in [0, 0.05) is 0 Å². The monoisotopic (exact) mass is 144 g/mol. The van der Waals surface area contributed by atoms with Crippen LogP contribution in [-0.4, -0.2) is 20.3 Å². The van der Waals surface area contributed by atoms with Crippen molar-refractivity contribution in [2.45, 2.75) is 33.4 Å². The standard InChI is InChI=1S/C8H20N2/c1-6-8(2,3)7(9-4)10-5/h7,9-10H,6H2,1-5H3. The molecule has 2 heteroatoms. The van der Waals surface area contributed by atoms with Crippen molar-refractivity contribution in [2.24, 2.45) is 5.41 Å². The average molecular weight is 144 g/mol. The first-order chi connectivity index (χ1) is 4.58. The first-order valence-corrected chi connectivity index (χ1v) is 3.93. The summed E-state index contributed by atoms with van der Waals surface area (Å²) < 4.78 is 0. The Kier molecular flexibility index (Phi) is 3.91. The molecule has 0 aromatic carbocycles. The van der Waals surface area contributed by atoms with Gasteiger partial charge in [-0.05, 0) is 25.9 Å². The van der Waals surface area contributed by atoms with Crippen molar-refractivity contribution in [3.05, 3.63) is 0 Å². The first-order valence-electron chi connectivity index (χ1n) is 3.93. The van der Waals surface area contributed by atoms with Gasteiger partial charge in [0.25, 0.3) is 0 Å². The van der Waals surface area contributed by atoms with Crippen LogP contribution in [0.1, 0.15) is 27.2 Å². The summed E-state index contributed by atoms with van der Waals surface area (Å²) >= 11 is 0. The van der Waals surface area contributed by atoms with Gasteiger partial charge in [-0.15, -0.1) is 0 Å². The summed E-state index contributed by atoms with van der Waals surface area (Å²) in [5.41, 5.74) is 0.337. The third-order valence-corrected chi connectivity index (χ3v) is 2.27. The maximum atomic E-state index is 3.23. The van der Waals surface area contributed by atoms with Gasteiger partial charge in [-0.1, -0.05) is 20.8 Å². The summed E-state index contributed by atoms with van der Waals surface area (Å²) in [5, 5.41) is 6.46. The molecule has 0 bridgehead atoms. The number of hydrogen-bond donors (Lipinski definition) is 2. The van der Waals surface area contributed by atoms with E-state index >= 15 is 0 Å². The Hall–Kier alpha value is -0.0800. The van der Waals surface area contributed by atoms with E-state index in [1.54, 1.807) is 0 Å². The van der Waals surface area contributed by atoms with Crippen LogP contribution < -0.4 is 10.6 Å². The van der Waals surface area contributed by atoms with Crippen LogP contribution in [0.2, 0.25) is 0 Å². The Bertz CT molecular complexity index is 85.3. The lowest BCUT2D eigenvalue weighted by Gasteiger charge is -2.32. The molecule has 0 rings (SSSR count). The molecule has 0 aliphatic heterocycles. The van der Waals surface area contributed by atoms with E-state index < -0.39 is 0 Å². The predicted octanol–water partition coefficient (Wildman–Crippen LogP) is 1.19. The van der Waals surface area contributed by atoms with Crippen molar-refractivity contribution in [3.63, 3.8) is 0 Å². The quantitative estimate of drug-likeness (QED) is 0.579. The summed E-state index contributed by atoms with van der Waals surface area (Å²) in [6, 6.07) is 0. The molecule has 0 aliphatic carbocycles. The maximum Gasteiger partial charge on any atom is 0.0619 e. The SMILES string of the molecule is CCC(C)(C)C(NC)NC. The van der Waals surface area contributed by atoms with Gasteiger partial charge in [0.1, 0.15) is 0 Å². The highest BCUT2D eigenvalue weighted by atomic mass is 15.1. The van der Waals surface area contributed by atoms with E-state index in [0.717, 1.165) is 0 Å². The fourth-order valence-corrected chi connectivity index (χ4v) is 1.13. The molecule has 0 saturated heterocycles. The lowest BCUT2D eigenvalue weighted by molar-refractivity contribution is 0.215. The van der Waals surface area contributed by atoms with Gasteiger partial charge in [-0.3, -0.25) is 0 Å². The minimum atomic E-state index is 0.337. The minimum Gasteiger partial charge on any atom is -0.305 e. The van der Waals surface area contributed by atoms with Crippen LogP contribution in [0.5, 0.6) is 0 Å². The topological polar surface area (TPSA) is 24.1 Å². The molecule has 10 heavy (non-hydrogen) atoms. The molecule has 0 spiro atoms. The average Bonchev–Trinajstić information content (AvgIpc) is 1.90. The number of rotatable bonds is 4. The highest BCUT2D eigenvalue weighted by Crippen LogP contribution is 2.22. The van der Waals surface area contributed by atoms with Gasteiger partial charge in [0.05, 0.1) is 6.17 Å². The molecule has 0 aliphatic rings. The third kappa shape index (κ3) is 2.27. The Morgan fingerprint density at radius 2 is 1.60 bits per heavy atom. The molecule has 62 valence electrons. The van der Waals surface area contributed by atoms with Gasteiger partial charge in [0.15, 0.2) is 0 Å². The van der Waals surface area contributed by atoms with Crippen molar-refractivity contribution >= 4 is 0 Å². The molecule has 2 N–H and O–H groups in total. The van der Waals surface area contributed by atoms with Crippen LogP contribution in [0.15, 0.2) is 0 Å². The van der Waals surface area contributed by atoms with E-state index in [-0.39, 0.29) is 0 Å². The van der Waals surface area contributed by atoms with Crippen LogP contribution in [0.25, 0.3) is 0 Å². The van der Waals surface area contributed by atoms with E-state index in [0.29, 0.717) is 11.6 Å². The van der Waals surface area contributed by atoms with Crippen LogP contribution in [0.3, 0.4) is 0 Å². The van der Waals surface area contributed by atoms with E-state index in [1.807, 2.05) is 14.1 Å². The second kappa shape index (κ2) is 3.94. The molecule has 0 amide bonds. The Morgan fingerprint density at radius 3 is 1.70 bits per heavy atom. The zero-order valence-electron chi connectivity index (χ0n) is 7.78. The first kappa shape index (κ1) is 9.92. The van der Waals surface area contributed by atoms with Crippen molar-refractivity contribution in [3.8, 4) is 0 Å². The fourth-order valence-electron chi connectivity index (χ4n) is 1.13. The summed E-state index contributed by atoms with van der Waals surface area (Å²) in [5.74, 6) is 0. The molecule has 0 radical (unpaired) electrons. The summed E-state index contributed by atoms with van der Waals surface area (Å²) in [6.45, 7) is 6.72. The predicted molar refractivity (Wildman–Crippen MR) is 46.0 cm³/mol. The number of nitrogens with one attached hydrogen (secondary N) is 2. The molecular formula is C8H20N2.